The molecular weight excluding hydrogens is 386 g/mol. The quantitative estimate of drug-likeness (QED) is 0.796. The van der Waals surface area contributed by atoms with Gasteiger partial charge in [0.05, 0.1) is 6.54 Å². The summed E-state index contributed by atoms with van der Waals surface area (Å²) in [5, 5.41) is 3.00. The zero-order valence-electron chi connectivity index (χ0n) is 18.6. The van der Waals surface area contributed by atoms with Crippen LogP contribution in [-0.4, -0.2) is 47.8 Å². The lowest BCUT2D eigenvalue weighted by atomic mass is 9.90. The number of carbonyl (C=O) groups excluding carboxylic acids is 2. The van der Waals surface area contributed by atoms with E-state index < -0.39 is 0 Å². The Morgan fingerprint density at radius 3 is 2.42 bits per heavy atom. The standard InChI is InChI=1S/C26H33N3O2/c1-3-20-8-10-22(11-9-20)27-24(30)18-29-17-14-21-6-4-5-7-23(21)25(29)26(31)28-15-12-19(2)13-16-28/h4-11,19,25H,3,12-18H2,1-2H3,(H,27,30)/t25-/m0/s1. The fourth-order valence-electron chi connectivity index (χ4n) is 4.69. The Morgan fingerprint density at radius 2 is 1.71 bits per heavy atom. The van der Waals surface area contributed by atoms with Crippen molar-refractivity contribution in [1.29, 1.82) is 0 Å². The van der Waals surface area contributed by atoms with E-state index in [1.54, 1.807) is 0 Å². The molecule has 1 N–H and O–H groups in total. The van der Waals surface area contributed by atoms with Crippen LogP contribution in [0.2, 0.25) is 0 Å². The van der Waals surface area contributed by atoms with Crippen LogP contribution in [0, 0.1) is 5.92 Å². The van der Waals surface area contributed by atoms with Crippen LogP contribution in [0.3, 0.4) is 0 Å². The number of piperidine rings is 1. The molecule has 0 aliphatic carbocycles. The van der Waals surface area contributed by atoms with Crippen molar-refractivity contribution in [1.82, 2.24) is 9.80 Å². The molecule has 31 heavy (non-hydrogen) atoms. The zero-order valence-corrected chi connectivity index (χ0v) is 18.6. The Hall–Kier alpha value is -2.66. The summed E-state index contributed by atoms with van der Waals surface area (Å²) in [7, 11) is 0. The number of benzene rings is 2. The van der Waals surface area contributed by atoms with Crippen LogP contribution in [0.4, 0.5) is 5.69 Å². The average molecular weight is 420 g/mol. The number of hydrogen-bond donors (Lipinski definition) is 1. The van der Waals surface area contributed by atoms with E-state index in [0.717, 1.165) is 50.0 Å². The highest BCUT2D eigenvalue weighted by atomic mass is 16.2. The smallest absolute Gasteiger partial charge is 0.244 e. The fourth-order valence-corrected chi connectivity index (χ4v) is 4.69. The molecule has 0 unspecified atom stereocenters. The predicted molar refractivity (Wildman–Crippen MR) is 124 cm³/mol. The van der Waals surface area contributed by atoms with Gasteiger partial charge in [-0.05, 0) is 60.4 Å². The molecule has 0 radical (unpaired) electrons. The van der Waals surface area contributed by atoms with E-state index in [2.05, 4.69) is 36.2 Å². The van der Waals surface area contributed by atoms with Crippen LogP contribution in [-0.2, 0) is 22.4 Å². The average Bonchev–Trinajstić information content (AvgIpc) is 2.79. The Kier molecular flexibility index (Phi) is 6.71. The molecular formula is C26H33N3O2. The van der Waals surface area contributed by atoms with Crippen LogP contribution in [0.15, 0.2) is 48.5 Å². The van der Waals surface area contributed by atoms with Gasteiger partial charge in [-0.1, -0.05) is 50.2 Å². The first-order valence-electron chi connectivity index (χ1n) is 11.5. The molecule has 1 fully saturated rings. The second-order valence-electron chi connectivity index (χ2n) is 8.93. The molecule has 164 valence electrons. The molecule has 1 atom stereocenters. The minimum atomic E-state index is -0.383. The highest BCUT2D eigenvalue weighted by molar-refractivity contribution is 5.93. The summed E-state index contributed by atoms with van der Waals surface area (Å²) in [6.07, 6.45) is 3.93. The second-order valence-corrected chi connectivity index (χ2v) is 8.93. The lowest BCUT2D eigenvalue weighted by Gasteiger charge is -2.40. The highest BCUT2D eigenvalue weighted by Crippen LogP contribution is 2.32. The van der Waals surface area contributed by atoms with Crippen molar-refractivity contribution in [2.45, 2.75) is 45.6 Å². The van der Waals surface area contributed by atoms with Gasteiger partial charge in [0.15, 0.2) is 0 Å². The molecule has 2 heterocycles. The van der Waals surface area contributed by atoms with E-state index in [0.29, 0.717) is 12.5 Å². The molecule has 2 aliphatic heterocycles. The van der Waals surface area contributed by atoms with Crippen molar-refractivity contribution in [3.8, 4) is 0 Å². The van der Waals surface area contributed by atoms with Crippen molar-refractivity contribution >= 4 is 17.5 Å². The summed E-state index contributed by atoms with van der Waals surface area (Å²) in [6, 6.07) is 15.8. The van der Waals surface area contributed by atoms with Gasteiger partial charge in [-0.3, -0.25) is 14.5 Å². The maximum atomic E-state index is 13.6. The molecule has 0 aromatic heterocycles. The molecule has 5 nitrogen and oxygen atoms in total. The van der Waals surface area contributed by atoms with Gasteiger partial charge in [0, 0.05) is 25.3 Å². The number of anilines is 1. The van der Waals surface area contributed by atoms with Crippen LogP contribution >= 0.6 is 0 Å². The molecule has 4 rings (SSSR count). The van der Waals surface area contributed by atoms with Gasteiger partial charge in [-0.15, -0.1) is 0 Å². The SMILES string of the molecule is CCc1ccc(NC(=O)CN2CCc3ccccc3[C@H]2C(=O)N2CCC(C)CC2)cc1. The van der Waals surface area contributed by atoms with E-state index in [4.69, 9.17) is 0 Å². The summed E-state index contributed by atoms with van der Waals surface area (Å²) >= 11 is 0. The molecule has 0 saturated carbocycles. The summed E-state index contributed by atoms with van der Waals surface area (Å²) < 4.78 is 0. The first kappa shape index (κ1) is 21.6. The number of rotatable bonds is 5. The van der Waals surface area contributed by atoms with E-state index >= 15 is 0 Å². The minimum Gasteiger partial charge on any atom is -0.341 e. The Bertz CT molecular complexity index is 917. The number of nitrogens with zero attached hydrogens (tertiary/aromatic N) is 2. The summed E-state index contributed by atoms with van der Waals surface area (Å²) in [5.74, 6) is 0.733. The van der Waals surface area contributed by atoms with Crippen LogP contribution in [0.1, 0.15) is 49.4 Å². The monoisotopic (exact) mass is 419 g/mol. The Labute approximate surface area is 185 Å². The lowest BCUT2D eigenvalue weighted by Crippen LogP contribution is -2.50. The molecule has 2 amide bonds. The third-order valence-corrected chi connectivity index (χ3v) is 6.71. The Balaban J connectivity index is 1.50. The number of fused-ring (bicyclic) bond motifs is 1. The van der Waals surface area contributed by atoms with Crippen molar-refractivity contribution in [3.63, 3.8) is 0 Å². The van der Waals surface area contributed by atoms with Gasteiger partial charge >= 0.3 is 0 Å². The Morgan fingerprint density at radius 1 is 1.00 bits per heavy atom. The number of amides is 2. The molecule has 1 saturated heterocycles. The van der Waals surface area contributed by atoms with E-state index in [-0.39, 0.29) is 24.4 Å². The van der Waals surface area contributed by atoms with E-state index in [1.165, 1.54) is 11.1 Å². The van der Waals surface area contributed by atoms with Gasteiger partial charge in [0.2, 0.25) is 11.8 Å². The van der Waals surface area contributed by atoms with Crippen LogP contribution in [0.25, 0.3) is 0 Å². The molecule has 0 bridgehead atoms. The van der Waals surface area contributed by atoms with Crippen molar-refractivity contribution in [2.24, 2.45) is 5.92 Å². The summed E-state index contributed by atoms with van der Waals surface area (Å²) in [4.78, 5) is 30.5. The number of carbonyl (C=O) groups is 2. The van der Waals surface area contributed by atoms with Crippen LogP contribution in [0.5, 0.6) is 0 Å². The normalized spacial score (nSPS) is 19.7. The van der Waals surface area contributed by atoms with Gasteiger partial charge in [-0.2, -0.15) is 0 Å². The highest BCUT2D eigenvalue weighted by Gasteiger charge is 2.37. The number of aryl methyl sites for hydroxylation is 1. The van der Waals surface area contributed by atoms with Crippen molar-refractivity contribution < 1.29 is 9.59 Å². The molecule has 2 aromatic carbocycles. The van der Waals surface area contributed by atoms with Gasteiger partial charge in [0.25, 0.3) is 0 Å². The molecule has 5 heteroatoms. The minimum absolute atomic E-state index is 0.0753. The van der Waals surface area contributed by atoms with Gasteiger partial charge in [0.1, 0.15) is 6.04 Å². The van der Waals surface area contributed by atoms with E-state index in [9.17, 15) is 9.59 Å². The molecule has 2 aliphatic rings. The van der Waals surface area contributed by atoms with Crippen molar-refractivity contribution in [3.05, 3.63) is 65.2 Å². The van der Waals surface area contributed by atoms with Crippen molar-refractivity contribution in [2.75, 3.05) is 31.5 Å². The van der Waals surface area contributed by atoms with Crippen LogP contribution < -0.4 is 5.32 Å². The molecule has 0 spiro atoms. The summed E-state index contributed by atoms with van der Waals surface area (Å²) in [6.45, 7) is 6.90. The second kappa shape index (κ2) is 9.65. The van der Waals surface area contributed by atoms with Gasteiger partial charge in [-0.25, -0.2) is 0 Å². The third kappa shape index (κ3) is 4.99. The predicted octanol–water partition coefficient (Wildman–Crippen LogP) is 4.05. The first-order valence-corrected chi connectivity index (χ1v) is 11.5. The topological polar surface area (TPSA) is 52.7 Å². The number of likely N-dealkylation sites (tertiary alicyclic amines) is 1. The summed E-state index contributed by atoms with van der Waals surface area (Å²) in [5.41, 5.74) is 4.31. The molecule has 2 aromatic rings. The number of hydrogen-bond acceptors (Lipinski definition) is 3. The first-order chi connectivity index (χ1) is 15.0. The van der Waals surface area contributed by atoms with E-state index in [1.807, 2.05) is 41.3 Å². The third-order valence-electron chi connectivity index (χ3n) is 6.71. The fraction of sp³-hybridized carbons (Fsp3) is 0.462. The zero-order chi connectivity index (χ0) is 21.8. The maximum Gasteiger partial charge on any atom is 0.244 e. The largest absolute Gasteiger partial charge is 0.341 e. The van der Waals surface area contributed by atoms with Gasteiger partial charge < -0.3 is 10.2 Å². The number of nitrogens with one attached hydrogen (secondary N) is 1. The maximum absolute atomic E-state index is 13.6. The lowest BCUT2D eigenvalue weighted by molar-refractivity contribution is -0.139.